The number of carbonyl (C=O) groups excluding carboxylic acids is 3. The van der Waals surface area contributed by atoms with Crippen LogP contribution < -0.4 is 10.1 Å². The first-order valence-electron chi connectivity index (χ1n) is 8.42. The average Bonchev–Trinajstić information content (AvgIpc) is 3.16. The molecule has 0 radical (unpaired) electrons. The number of aliphatic hydroxyl groups is 1. The maximum atomic E-state index is 12.5. The van der Waals surface area contributed by atoms with Crippen molar-refractivity contribution in [3.63, 3.8) is 0 Å². The highest BCUT2D eigenvalue weighted by Crippen LogP contribution is 2.32. The van der Waals surface area contributed by atoms with Gasteiger partial charge in [-0.3, -0.25) is 19.3 Å². The highest BCUT2D eigenvalue weighted by molar-refractivity contribution is 8.18. The molecule has 2 N–H and O–H groups in total. The van der Waals surface area contributed by atoms with E-state index in [1.165, 1.54) is 0 Å². The number of hydrogen-bond donors (Lipinski definition) is 2. The first kappa shape index (κ1) is 19.8. The molecule has 2 heterocycles. The molecule has 2 saturated heterocycles. The van der Waals surface area contributed by atoms with Crippen LogP contribution in [-0.2, 0) is 9.59 Å². The van der Waals surface area contributed by atoms with E-state index in [-0.39, 0.29) is 24.9 Å². The fourth-order valence-electron chi connectivity index (χ4n) is 2.75. The van der Waals surface area contributed by atoms with Gasteiger partial charge in [0, 0.05) is 24.5 Å². The Morgan fingerprint density at radius 3 is 2.93 bits per heavy atom. The topological polar surface area (TPSA) is 95.9 Å². The van der Waals surface area contributed by atoms with E-state index in [2.05, 4.69) is 5.32 Å². The Hall–Kier alpha value is -1.97. The molecule has 0 bridgehead atoms. The van der Waals surface area contributed by atoms with Crippen LogP contribution in [0.15, 0.2) is 29.2 Å². The number of carbonyl (C=O) groups is 3. The first-order valence-corrected chi connectivity index (χ1v) is 10.4. The van der Waals surface area contributed by atoms with Crippen molar-refractivity contribution in [2.24, 2.45) is 0 Å². The van der Waals surface area contributed by atoms with Crippen LogP contribution in [0.5, 0.6) is 5.75 Å². The number of rotatable bonds is 6. The molecular formula is C18H20N2O5S2. The molecule has 9 heteroatoms. The van der Waals surface area contributed by atoms with Crippen molar-refractivity contribution in [1.29, 1.82) is 0 Å². The van der Waals surface area contributed by atoms with Gasteiger partial charge >= 0.3 is 0 Å². The van der Waals surface area contributed by atoms with E-state index in [1.807, 2.05) is 6.07 Å². The maximum absolute atomic E-state index is 12.5. The summed E-state index contributed by atoms with van der Waals surface area (Å²) in [4.78, 5) is 38.1. The van der Waals surface area contributed by atoms with Crippen LogP contribution in [0.3, 0.4) is 0 Å². The van der Waals surface area contributed by atoms with Crippen molar-refractivity contribution in [3.8, 4) is 5.75 Å². The maximum Gasteiger partial charge on any atom is 0.293 e. The van der Waals surface area contributed by atoms with Gasteiger partial charge in [0.25, 0.3) is 11.1 Å². The number of nitrogens with one attached hydrogen (secondary N) is 1. The van der Waals surface area contributed by atoms with Gasteiger partial charge in [0.05, 0.1) is 24.2 Å². The Balaban J connectivity index is 1.58. The van der Waals surface area contributed by atoms with Crippen LogP contribution in [0, 0.1) is 0 Å². The van der Waals surface area contributed by atoms with Gasteiger partial charge < -0.3 is 15.2 Å². The van der Waals surface area contributed by atoms with Crippen molar-refractivity contribution in [3.05, 3.63) is 34.7 Å². The van der Waals surface area contributed by atoms with Gasteiger partial charge in [0.15, 0.2) is 0 Å². The molecular weight excluding hydrogens is 388 g/mol. The molecule has 144 valence electrons. The predicted molar refractivity (Wildman–Crippen MR) is 106 cm³/mol. The van der Waals surface area contributed by atoms with Crippen LogP contribution in [0.4, 0.5) is 4.79 Å². The van der Waals surface area contributed by atoms with Crippen LogP contribution in [-0.4, -0.2) is 64.4 Å². The zero-order chi connectivity index (χ0) is 19.4. The molecule has 0 aromatic heterocycles. The molecule has 1 aromatic rings. The summed E-state index contributed by atoms with van der Waals surface area (Å²) >= 11 is 2.43. The van der Waals surface area contributed by atoms with Gasteiger partial charge in [-0.2, -0.15) is 11.8 Å². The second kappa shape index (κ2) is 8.81. The lowest BCUT2D eigenvalue weighted by atomic mass is 10.2. The molecule has 2 fully saturated rings. The second-order valence-corrected chi connectivity index (χ2v) is 8.21. The molecule has 2 aliphatic rings. The van der Waals surface area contributed by atoms with Gasteiger partial charge in [-0.25, -0.2) is 0 Å². The Morgan fingerprint density at radius 1 is 1.41 bits per heavy atom. The molecule has 3 rings (SSSR count). The van der Waals surface area contributed by atoms with E-state index in [1.54, 1.807) is 43.1 Å². The third-order valence-corrected chi connectivity index (χ3v) is 6.30. The number of ether oxygens (including phenoxy) is 1. The van der Waals surface area contributed by atoms with Gasteiger partial charge in [0.2, 0.25) is 5.91 Å². The summed E-state index contributed by atoms with van der Waals surface area (Å²) in [6.07, 6.45) is 1.10. The number of imide groups is 1. The first-order chi connectivity index (χ1) is 13.0. The standard InChI is InChI=1S/C18H20N2O5S2/c1-25-12-4-2-3-11(7-12)8-15-17(23)20(18(24)27-15)6-5-16(22)19-13-9-26-10-14(13)21/h2-4,7-8,13-14,21H,5-6,9-10H2,1H3,(H,19,22)/b15-8-/t13-,14+/m1/s1. The molecule has 27 heavy (non-hydrogen) atoms. The number of nitrogens with zero attached hydrogens (tertiary/aromatic N) is 1. The quantitative estimate of drug-likeness (QED) is 0.692. The van der Waals surface area contributed by atoms with Crippen molar-refractivity contribution in [1.82, 2.24) is 10.2 Å². The van der Waals surface area contributed by atoms with E-state index in [4.69, 9.17) is 4.74 Å². The van der Waals surface area contributed by atoms with Crippen LogP contribution in [0.1, 0.15) is 12.0 Å². The number of benzene rings is 1. The Kier molecular flexibility index (Phi) is 6.46. The molecule has 2 atom stereocenters. The molecule has 0 unspecified atom stereocenters. The lowest BCUT2D eigenvalue weighted by Crippen LogP contribution is -2.43. The normalized spacial score (nSPS) is 23.9. The Morgan fingerprint density at radius 2 is 2.22 bits per heavy atom. The fourth-order valence-corrected chi connectivity index (χ4v) is 4.78. The summed E-state index contributed by atoms with van der Waals surface area (Å²) in [5.74, 6) is 1.24. The summed E-state index contributed by atoms with van der Waals surface area (Å²) in [6.45, 7) is 0.0158. The molecule has 7 nitrogen and oxygen atoms in total. The third-order valence-electron chi connectivity index (χ3n) is 4.22. The van der Waals surface area contributed by atoms with Crippen LogP contribution >= 0.6 is 23.5 Å². The zero-order valence-corrected chi connectivity index (χ0v) is 16.3. The summed E-state index contributed by atoms with van der Waals surface area (Å²) < 4.78 is 5.15. The molecule has 0 spiro atoms. The van der Waals surface area contributed by atoms with Gasteiger partial charge in [-0.05, 0) is 35.5 Å². The summed E-state index contributed by atoms with van der Waals surface area (Å²) in [6, 6.07) is 6.91. The van der Waals surface area contributed by atoms with Gasteiger partial charge in [0.1, 0.15) is 5.75 Å². The smallest absolute Gasteiger partial charge is 0.293 e. The minimum Gasteiger partial charge on any atom is -0.497 e. The largest absolute Gasteiger partial charge is 0.497 e. The van der Waals surface area contributed by atoms with Crippen LogP contribution in [0.2, 0.25) is 0 Å². The number of hydrogen-bond acceptors (Lipinski definition) is 7. The third kappa shape index (κ3) is 4.85. The minimum atomic E-state index is -0.554. The summed E-state index contributed by atoms with van der Waals surface area (Å²) in [5, 5.41) is 12.1. The van der Waals surface area contributed by atoms with Gasteiger partial charge in [-0.1, -0.05) is 12.1 Å². The van der Waals surface area contributed by atoms with E-state index >= 15 is 0 Å². The average molecular weight is 409 g/mol. The Bertz CT molecular complexity index is 783. The molecule has 0 aliphatic carbocycles. The minimum absolute atomic E-state index is 0.0123. The number of thioether (sulfide) groups is 2. The number of aliphatic hydroxyl groups excluding tert-OH is 1. The number of amides is 3. The number of methoxy groups -OCH3 is 1. The zero-order valence-electron chi connectivity index (χ0n) is 14.7. The van der Waals surface area contributed by atoms with E-state index in [9.17, 15) is 19.5 Å². The lowest BCUT2D eigenvalue weighted by molar-refractivity contribution is -0.124. The van der Waals surface area contributed by atoms with E-state index in [0.717, 1.165) is 22.2 Å². The highest BCUT2D eigenvalue weighted by Gasteiger charge is 2.35. The monoisotopic (exact) mass is 408 g/mol. The van der Waals surface area contributed by atoms with Crippen molar-refractivity contribution in [2.75, 3.05) is 25.2 Å². The lowest BCUT2D eigenvalue weighted by Gasteiger charge is -2.17. The second-order valence-electron chi connectivity index (χ2n) is 6.14. The van der Waals surface area contributed by atoms with E-state index < -0.39 is 17.3 Å². The SMILES string of the molecule is COc1cccc(/C=C2\SC(=O)N(CCC(=O)N[C@@H]3CSC[C@@H]3O)C2=O)c1. The highest BCUT2D eigenvalue weighted by atomic mass is 32.2. The predicted octanol–water partition coefficient (Wildman–Crippen LogP) is 1.71. The summed E-state index contributed by atoms with van der Waals surface area (Å²) in [7, 11) is 1.56. The van der Waals surface area contributed by atoms with Gasteiger partial charge in [-0.15, -0.1) is 0 Å². The van der Waals surface area contributed by atoms with Crippen molar-refractivity contribution in [2.45, 2.75) is 18.6 Å². The molecule has 0 saturated carbocycles. The molecule has 1 aromatic carbocycles. The molecule has 2 aliphatic heterocycles. The van der Waals surface area contributed by atoms with Crippen LogP contribution in [0.25, 0.3) is 6.08 Å². The van der Waals surface area contributed by atoms with E-state index in [0.29, 0.717) is 22.2 Å². The summed E-state index contributed by atoms with van der Waals surface area (Å²) in [5.41, 5.74) is 0.755. The van der Waals surface area contributed by atoms with Crippen molar-refractivity contribution < 1.29 is 24.2 Å². The fraction of sp³-hybridized carbons (Fsp3) is 0.389. The molecule has 3 amide bonds. The van der Waals surface area contributed by atoms with Crippen molar-refractivity contribution >= 4 is 46.7 Å². The Labute approximate surface area is 165 Å².